The zero-order valence-electron chi connectivity index (χ0n) is 10.2. The molecule has 19 heavy (non-hydrogen) atoms. The zero-order chi connectivity index (χ0) is 13.2. The molecule has 0 unspecified atom stereocenters. The third-order valence-electron chi connectivity index (χ3n) is 3.08. The van der Waals surface area contributed by atoms with Crippen LogP contribution in [0.3, 0.4) is 0 Å². The molecule has 1 fully saturated rings. The number of aromatic carboxylic acids is 1. The van der Waals surface area contributed by atoms with Gasteiger partial charge in [0.15, 0.2) is 5.75 Å². The number of aromatic nitrogens is 3. The lowest BCUT2D eigenvalue weighted by Crippen LogP contribution is -2.07. The molecule has 1 aliphatic rings. The Morgan fingerprint density at radius 1 is 1.42 bits per heavy atom. The minimum absolute atomic E-state index is 0.118. The lowest BCUT2D eigenvalue weighted by molar-refractivity contribution is 0.0691. The first-order chi connectivity index (χ1) is 9.25. The summed E-state index contributed by atoms with van der Waals surface area (Å²) in [5.41, 5.74) is 1.06. The fourth-order valence-electron chi connectivity index (χ4n) is 1.95. The number of hydrogen-bond acceptors (Lipinski definition) is 4. The fraction of sp³-hybridized carbons (Fsp3) is 0.308. The molecule has 0 radical (unpaired) electrons. The molecular formula is C13H13N3O3. The van der Waals surface area contributed by atoms with Crippen molar-refractivity contribution in [1.29, 1.82) is 0 Å². The van der Waals surface area contributed by atoms with E-state index >= 15 is 0 Å². The third kappa shape index (κ3) is 2.42. The number of carboxylic acid groups (broad SMARTS) is 1. The van der Waals surface area contributed by atoms with Crippen molar-refractivity contribution in [2.75, 3.05) is 0 Å². The molecular weight excluding hydrogens is 246 g/mol. The molecule has 0 atom stereocenters. The Morgan fingerprint density at radius 2 is 2.26 bits per heavy atom. The summed E-state index contributed by atoms with van der Waals surface area (Å²) >= 11 is 0. The largest absolute Gasteiger partial charge is 0.485 e. The van der Waals surface area contributed by atoms with Crippen LogP contribution in [0.1, 0.15) is 34.9 Å². The van der Waals surface area contributed by atoms with Gasteiger partial charge in [0.25, 0.3) is 0 Å². The number of carbonyl (C=O) groups is 1. The Morgan fingerprint density at radius 3 is 3.00 bits per heavy atom. The average Bonchev–Trinajstić information content (AvgIpc) is 3.15. The normalized spacial score (nSPS) is 14.3. The molecule has 6 nitrogen and oxygen atoms in total. The standard InChI is InChI=1S/C13H13N3O3/c17-13(18)11-3-4-14-6-12(11)19-7-10-5-15-8-16(10)9-1-2-9/h3-6,8-9H,1-2,7H2,(H,17,18). The second-order valence-electron chi connectivity index (χ2n) is 4.49. The topological polar surface area (TPSA) is 77.2 Å². The number of carboxylic acids is 1. The first-order valence-corrected chi connectivity index (χ1v) is 6.06. The summed E-state index contributed by atoms with van der Waals surface area (Å²) < 4.78 is 7.64. The number of imidazole rings is 1. The summed E-state index contributed by atoms with van der Waals surface area (Å²) in [6.07, 6.45) is 8.71. The highest BCUT2D eigenvalue weighted by molar-refractivity contribution is 5.90. The van der Waals surface area contributed by atoms with E-state index in [4.69, 9.17) is 9.84 Å². The molecule has 6 heteroatoms. The van der Waals surface area contributed by atoms with Gasteiger partial charge in [0.05, 0.1) is 24.4 Å². The molecule has 0 aromatic carbocycles. The number of pyridine rings is 1. The predicted octanol–water partition coefficient (Wildman–Crippen LogP) is 1.89. The second-order valence-corrected chi connectivity index (χ2v) is 4.49. The van der Waals surface area contributed by atoms with Gasteiger partial charge in [0, 0.05) is 12.2 Å². The van der Waals surface area contributed by atoms with Crippen molar-refractivity contribution in [2.24, 2.45) is 0 Å². The van der Waals surface area contributed by atoms with Crippen molar-refractivity contribution >= 4 is 5.97 Å². The highest BCUT2D eigenvalue weighted by Gasteiger charge is 2.25. The van der Waals surface area contributed by atoms with Gasteiger partial charge in [-0.25, -0.2) is 9.78 Å². The maximum atomic E-state index is 11.0. The van der Waals surface area contributed by atoms with E-state index < -0.39 is 5.97 Å². The molecule has 0 aliphatic heterocycles. The lowest BCUT2D eigenvalue weighted by atomic mass is 10.2. The summed E-state index contributed by atoms with van der Waals surface area (Å²) in [7, 11) is 0. The third-order valence-corrected chi connectivity index (χ3v) is 3.08. The van der Waals surface area contributed by atoms with E-state index in [9.17, 15) is 4.79 Å². The van der Waals surface area contributed by atoms with Crippen molar-refractivity contribution < 1.29 is 14.6 Å². The van der Waals surface area contributed by atoms with Gasteiger partial charge in [-0.3, -0.25) is 4.98 Å². The van der Waals surface area contributed by atoms with E-state index in [1.165, 1.54) is 18.5 Å². The van der Waals surface area contributed by atoms with Gasteiger partial charge in [-0.1, -0.05) is 0 Å². The van der Waals surface area contributed by atoms with Crippen LogP contribution in [0.2, 0.25) is 0 Å². The Labute approximate surface area is 109 Å². The van der Waals surface area contributed by atoms with Gasteiger partial charge in [-0.2, -0.15) is 0 Å². The molecule has 0 spiro atoms. The van der Waals surface area contributed by atoms with Gasteiger partial charge in [0.1, 0.15) is 12.2 Å². The minimum atomic E-state index is -1.02. The van der Waals surface area contributed by atoms with Gasteiger partial charge >= 0.3 is 5.97 Å². The Hall–Kier alpha value is -2.37. The van der Waals surface area contributed by atoms with Crippen molar-refractivity contribution in [3.05, 3.63) is 42.2 Å². The number of rotatable bonds is 5. The maximum absolute atomic E-state index is 11.0. The fourth-order valence-corrected chi connectivity index (χ4v) is 1.95. The van der Waals surface area contributed by atoms with E-state index in [-0.39, 0.29) is 11.3 Å². The van der Waals surface area contributed by atoms with Gasteiger partial charge < -0.3 is 14.4 Å². The van der Waals surface area contributed by atoms with Crippen LogP contribution in [0.25, 0.3) is 0 Å². The Balaban J connectivity index is 1.75. The van der Waals surface area contributed by atoms with Crippen molar-refractivity contribution in [3.8, 4) is 5.75 Å². The Bertz CT molecular complexity index is 605. The van der Waals surface area contributed by atoms with Crippen LogP contribution >= 0.6 is 0 Å². The first-order valence-electron chi connectivity index (χ1n) is 6.06. The van der Waals surface area contributed by atoms with Crippen LogP contribution in [0.5, 0.6) is 5.75 Å². The van der Waals surface area contributed by atoms with Gasteiger partial charge in [-0.05, 0) is 18.9 Å². The summed E-state index contributed by atoms with van der Waals surface area (Å²) in [6.45, 7) is 0.294. The summed E-state index contributed by atoms with van der Waals surface area (Å²) in [5.74, 6) is -0.744. The van der Waals surface area contributed by atoms with Crippen LogP contribution in [-0.4, -0.2) is 25.6 Å². The first kappa shape index (κ1) is 11.7. The molecule has 98 valence electrons. The van der Waals surface area contributed by atoms with Gasteiger partial charge in [-0.15, -0.1) is 0 Å². The number of ether oxygens (including phenoxy) is 1. The van der Waals surface area contributed by atoms with Crippen LogP contribution in [-0.2, 0) is 6.61 Å². The van der Waals surface area contributed by atoms with Gasteiger partial charge in [0.2, 0.25) is 0 Å². The summed E-state index contributed by atoms with van der Waals surface area (Å²) in [6, 6.07) is 1.95. The molecule has 1 saturated carbocycles. The monoisotopic (exact) mass is 259 g/mol. The average molecular weight is 259 g/mol. The van der Waals surface area contributed by atoms with E-state index in [2.05, 4.69) is 14.5 Å². The van der Waals surface area contributed by atoms with Crippen LogP contribution in [0, 0.1) is 0 Å². The zero-order valence-corrected chi connectivity index (χ0v) is 10.2. The SMILES string of the molecule is O=C(O)c1ccncc1OCc1cncn1C1CC1. The van der Waals surface area contributed by atoms with E-state index in [1.54, 1.807) is 12.5 Å². The van der Waals surface area contributed by atoms with Crippen LogP contribution in [0.4, 0.5) is 0 Å². The molecule has 0 bridgehead atoms. The van der Waals surface area contributed by atoms with Crippen LogP contribution < -0.4 is 4.74 Å². The second kappa shape index (κ2) is 4.72. The van der Waals surface area contributed by atoms with E-state index in [0.29, 0.717) is 12.6 Å². The van der Waals surface area contributed by atoms with E-state index in [1.807, 2.05) is 0 Å². The molecule has 2 aromatic heterocycles. The van der Waals surface area contributed by atoms with Crippen molar-refractivity contribution in [1.82, 2.24) is 14.5 Å². The van der Waals surface area contributed by atoms with E-state index in [0.717, 1.165) is 18.5 Å². The minimum Gasteiger partial charge on any atom is -0.485 e. The molecule has 3 rings (SSSR count). The molecule has 2 heterocycles. The van der Waals surface area contributed by atoms with Crippen LogP contribution in [0.15, 0.2) is 31.0 Å². The number of hydrogen-bond donors (Lipinski definition) is 1. The predicted molar refractivity (Wildman–Crippen MR) is 66.0 cm³/mol. The molecule has 0 saturated heterocycles. The number of nitrogens with zero attached hydrogens (tertiary/aromatic N) is 3. The smallest absolute Gasteiger partial charge is 0.339 e. The summed E-state index contributed by atoms with van der Waals surface area (Å²) in [4.78, 5) is 19.0. The van der Waals surface area contributed by atoms with Crippen molar-refractivity contribution in [3.63, 3.8) is 0 Å². The maximum Gasteiger partial charge on any atom is 0.339 e. The quantitative estimate of drug-likeness (QED) is 0.887. The molecule has 0 amide bonds. The highest BCUT2D eigenvalue weighted by atomic mass is 16.5. The molecule has 2 aromatic rings. The molecule has 1 N–H and O–H groups in total. The highest BCUT2D eigenvalue weighted by Crippen LogP contribution is 2.35. The summed E-state index contributed by atoms with van der Waals surface area (Å²) in [5, 5.41) is 9.05. The Kier molecular flexibility index (Phi) is 2.91. The molecule has 1 aliphatic carbocycles. The van der Waals surface area contributed by atoms with Crippen molar-refractivity contribution in [2.45, 2.75) is 25.5 Å². The lowest BCUT2D eigenvalue weighted by Gasteiger charge is -2.10.